The number of rotatable bonds is 3. The van der Waals surface area contributed by atoms with Crippen molar-refractivity contribution in [2.24, 2.45) is 0 Å². The second kappa shape index (κ2) is 9.44. The van der Waals surface area contributed by atoms with Crippen LogP contribution < -0.4 is 0 Å². The molecule has 0 spiro atoms. The maximum Gasteiger partial charge on any atom is 0.143 e. The average Bonchev–Trinajstić information content (AvgIpc) is 3.72. The van der Waals surface area contributed by atoms with Gasteiger partial charge in [0, 0.05) is 21.9 Å². The molecule has 9 rings (SSSR count). The summed E-state index contributed by atoms with van der Waals surface area (Å²) >= 11 is 0. The molecule has 0 aliphatic heterocycles. The number of hydrogen-bond donors (Lipinski definition) is 0. The first kappa shape index (κ1) is 9.69. The lowest BCUT2D eigenvalue weighted by molar-refractivity contribution is 0.670. The fourth-order valence-electron chi connectivity index (χ4n) is 5.22. The molecule has 0 fully saturated rings. The van der Waals surface area contributed by atoms with Gasteiger partial charge in [0.15, 0.2) is 0 Å². The number of hydrogen-bond acceptors (Lipinski definition) is 1. The van der Waals surface area contributed by atoms with E-state index in [1.165, 1.54) is 0 Å². The van der Waals surface area contributed by atoms with Gasteiger partial charge in [0.1, 0.15) is 11.2 Å². The highest BCUT2D eigenvalue weighted by atomic mass is 16.3. The molecule has 0 amide bonds. The molecule has 1 heteroatoms. The quantitative estimate of drug-likeness (QED) is 0.192. The smallest absolute Gasteiger partial charge is 0.143 e. The number of furan rings is 1. The molecule has 0 aliphatic carbocycles. The van der Waals surface area contributed by atoms with E-state index in [2.05, 4.69) is 0 Å². The van der Waals surface area contributed by atoms with Crippen molar-refractivity contribution in [2.75, 3.05) is 0 Å². The van der Waals surface area contributed by atoms with Crippen LogP contribution >= 0.6 is 0 Å². The third-order valence-corrected chi connectivity index (χ3v) is 7.00. The summed E-state index contributed by atoms with van der Waals surface area (Å²) in [5, 5.41) is -5.04. The van der Waals surface area contributed by atoms with Gasteiger partial charge in [0.05, 0.1) is 35.6 Å². The van der Waals surface area contributed by atoms with E-state index in [4.69, 9.17) is 30.5 Å². The maximum absolute atomic E-state index is 9.81. The fraction of sp³-hybridized carbons (Fsp3) is 0. The van der Waals surface area contributed by atoms with Crippen LogP contribution in [0.1, 0.15) is 35.6 Å². The van der Waals surface area contributed by atoms with Crippen LogP contribution in [0.4, 0.5) is 0 Å². The lowest BCUT2D eigenvalue weighted by atomic mass is 9.85. The lowest BCUT2D eigenvalue weighted by Gasteiger charge is -2.18. The van der Waals surface area contributed by atoms with Crippen LogP contribution in [0.25, 0.3) is 87.6 Å². The van der Waals surface area contributed by atoms with Crippen molar-refractivity contribution >= 4 is 54.3 Å². The summed E-state index contributed by atoms with van der Waals surface area (Å²) in [6.45, 7) is 0. The van der Waals surface area contributed by atoms with Gasteiger partial charge in [0.25, 0.3) is 0 Å². The molecule has 1 nitrogen and oxygen atoms in total. The van der Waals surface area contributed by atoms with Gasteiger partial charge < -0.3 is 4.42 Å². The normalized spacial score (nSPS) is 20.2. The van der Waals surface area contributed by atoms with Crippen LogP contribution in [-0.2, 0) is 0 Å². The van der Waals surface area contributed by atoms with E-state index in [0.717, 1.165) is 0 Å². The zero-order chi connectivity index (χ0) is 51.0. The molecule has 0 radical (unpaired) electrons. The summed E-state index contributed by atoms with van der Waals surface area (Å²) in [7, 11) is 0. The predicted octanol–water partition coefficient (Wildman–Crippen LogP) is 12.0. The van der Waals surface area contributed by atoms with E-state index in [1.807, 2.05) is 0 Å². The van der Waals surface area contributed by atoms with E-state index >= 15 is 0 Å². The highest BCUT2D eigenvalue weighted by Crippen LogP contribution is 2.46. The first-order valence-corrected chi connectivity index (χ1v) is 12.7. The van der Waals surface area contributed by atoms with E-state index < -0.39 is 245 Å². The molecular weight excluding hydrogens is 520 g/mol. The van der Waals surface area contributed by atoms with Crippen molar-refractivity contribution in [3.05, 3.63) is 157 Å². The van der Waals surface area contributed by atoms with E-state index in [1.54, 1.807) is 0 Å². The largest absolute Gasteiger partial charge is 0.455 e. The molecule has 0 atom stereocenters. The highest BCUT2D eigenvalue weighted by Gasteiger charge is 2.20. The molecule has 0 saturated carbocycles. The molecule has 0 N–H and O–H groups in total. The van der Waals surface area contributed by atoms with E-state index in [-0.39, 0.29) is 0 Å². The number of para-hydroxylation sites is 2. The zero-order valence-corrected chi connectivity index (χ0v) is 21.4. The average molecular weight is 573 g/mol. The third-order valence-electron chi connectivity index (χ3n) is 7.00. The Labute approximate surface area is 285 Å². The van der Waals surface area contributed by atoms with Gasteiger partial charge in [-0.05, 0) is 66.7 Å². The first-order chi connectivity index (χ1) is 32.2. The van der Waals surface area contributed by atoms with E-state index in [0.29, 0.717) is 0 Å². The molecule has 0 unspecified atom stereocenters. The SMILES string of the molecule is [2H]c1c([2H])c(-c2c([2H])c([2H])c([2H])c3c([2H])c([2H])c([2H])c([2H])c23)c([2H])c(-c2c3c([2H])c([2H])c([2H])c([2H])c3c(-c3c([2H])c([2H])c([2H])c4c3oc3c([2H])c([2H])c([2H])c([2H])c34)c3c([2H])c([2H])c([2H])c([2H])c23)c1[2H]. The predicted molar refractivity (Wildman–Crippen MR) is 183 cm³/mol. The van der Waals surface area contributed by atoms with Crippen LogP contribution in [0, 0.1) is 0 Å². The molecule has 43 heavy (non-hydrogen) atoms. The molecule has 8 aromatic carbocycles. The molecule has 0 aliphatic rings. The second-order valence-corrected chi connectivity index (χ2v) is 9.26. The van der Waals surface area contributed by atoms with Gasteiger partial charge >= 0.3 is 0 Å². The Bertz CT molecular complexity index is 3880. The molecule has 1 aromatic heterocycles. The van der Waals surface area contributed by atoms with Crippen LogP contribution in [-0.4, -0.2) is 0 Å². The Balaban J connectivity index is 1.63. The van der Waals surface area contributed by atoms with Crippen molar-refractivity contribution < 1.29 is 40.1 Å². The molecule has 9 aromatic rings. The van der Waals surface area contributed by atoms with E-state index in [9.17, 15) is 9.60 Å². The van der Waals surface area contributed by atoms with Crippen molar-refractivity contribution in [2.45, 2.75) is 0 Å². The monoisotopic (exact) mass is 572 g/mol. The summed E-state index contributed by atoms with van der Waals surface area (Å²) in [5.74, 6) is 0. The van der Waals surface area contributed by atoms with Gasteiger partial charge in [-0.15, -0.1) is 0 Å². The number of benzene rings is 8. The summed E-state index contributed by atoms with van der Waals surface area (Å²) in [6.07, 6.45) is 0. The Morgan fingerprint density at radius 1 is 0.372 bits per heavy atom. The van der Waals surface area contributed by atoms with Crippen LogP contribution in [0.5, 0.6) is 0 Å². The molecule has 0 bridgehead atoms. The molecule has 1 heterocycles. The summed E-state index contributed by atoms with van der Waals surface area (Å²) in [4.78, 5) is 0. The fourth-order valence-corrected chi connectivity index (χ4v) is 5.22. The second-order valence-electron chi connectivity index (χ2n) is 9.26. The maximum atomic E-state index is 9.81. The van der Waals surface area contributed by atoms with Crippen molar-refractivity contribution in [3.8, 4) is 33.4 Å². The summed E-state index contributed by atoms with van der Waals surface area (Å²) in [6, 6.07) is -23.9. The molecular formula is C42H26O. The van der Waals surface area contributed by atoms with Crippen LogP contribution in [0.3, 0.4) is 0 Å². The van der Waals surface area contributed by atoms with Crippen molar-refractivity contribution in [3.63, 3.8) is 0 Å². The lowest BCUT2D eigenvalue weighted by Crippen LogP contribution is -1.91. The van der Waals surface area contributed by atoms with Crippen molar-refractivity contribution in [1.82, 2.24) is 0 Å². The molecule has 200 valence electrons. The third kappa shape index (κ3) is 3.65. The Morgan fingerprint density at radius 2 is 0.884 bits per heavy atom. The van der Waals surface area contributed by atoms with Gasteiger partial charge in [-0.1, -0.05) is 145 Å². The molecule has 0 saturated heterocycles. The summed E-state index contributed by atoms with van der Waals surface area (Å²) in [5.41, 5.74) is -5.74. The number of fused-ring (bicyclic) bond motifs is 6. The Kier molecular flexibility index (Phi) is 2.13. The van der Waals surface area contributed by atoms with Gasteiger partial charge in [0.2, 0.25) is 0 Å². The standard InChI is InChI=1S/C42H26O/c1-2-16-30-27(12-1)13-10-22-31(30)28-14-9-15-29(26-28)40-33-18-3-5-20-35(33)41(36-21-6-4-19-34(36)40)38-24-11-23-37-32-17-7-8-25-39(32)43-42(37)38/h1-26H/i1D,2D,3D,4D,5D,6D,7D,8D,9D,10D,11D,12D,13D,14D,15D,16D,17D,18D,19D,20D,21D,22D,23D,24D,25D,26D. The first-order valence-electron chi connectivity index (χ1n) is 25.7. The van der Waals surface area contributed by atoms with Crippen LogP contribution in [0.15, 0.2) is 162 Å². The van der Waals surface area contributed by atoms with Crippen molar-refractivity contribution in [1.29, 1.82) is 0 Å². The zero-order valence-electron chi connectivity index (χ0n) is 47.4. The minimum atomic E-state index is -1.07. The minimum Gasteiger partial charge on any atom is -0.455 e. The Hall–Kier alpha value is -5.66. The highest BCUT2D eigenvalue weighted by molar-refractivity contribution is 6.24. The van der Waals surface area contributed by atoms with Gasteiger partial charge in [-0.25, -0.2) is 0 Å². The van der Waals surface area contributed by atoms with Gasteiger partial charge in [-0.2, -0.15) is 0 Å². The van der Waals surface area contributed by atoms with Gasteiger partial charge in [-0.3, -0.25) is 0 Å². The Morgan fingerprint density at radius 3 is 1.65 bits per heavy atom. The topological polar surface area (TPSA) is 13.1 Å². The van der Waals surface area contributed by atoms with Crippen LogP contribution in [0.2, 0.25) is 0 Å². The summed E-state index contributed by atoms with van der Waals surface area (Å²) < 4.78 is 238. The minimum absolute atomic E-state index is 0.422.